The Hall–Kier alpha value is -1.87. The molecule has 0 radical (unpaired) electrons. The van der Waals surface area contributed by atoms with Crippen molar-refractivity contribution >= 4 is 21.9 Å². The van der Waals surface area contributed by atoms with Crippen LogP contribution in [-0.4, -0.2) is 61.3 Å². The van der Waals surface area contributed by atoms with Crippen LogP contribution in [0.4, 0.5) is 0 Å². The first-order valence-corrected chi connectivity index (χ1v) is 8.14. The van der Waals surface area contributed by atoms with E-state index >= 15 is 0 Å². The summed E-state index contributed by atoms with van der Waals surface area (Å²) >= 11 is 0. The average molecular weight is 330 g/mol. The number of carbonyl (C=O) groups excluding carboxylic acids is 1. The van der Waals surface area contributed by atoms with Gasteiger partial charge in [0, 0.05) is 26.2 Å². The number of hydrogen-bond acceptors (Lipinski definition) is 5. The van der Waals surface area contributed by atoms with E-state index in [-0.39, 0.29) is 22.5 Å². The second kappa shape index (κ2) is 5.73. The Morgan fingerprint density at radius 3 is 2.41 bits per heavy atom. The van der Waals surface area contributed by atoms with Crippen LogP contribution < -0.4 is 0 Å². The van der Waals surface area contributed by atoms with Gasteiger partial charge in [-0.3, -0.25) is 9.59 Å². The molecule has 1 saturated carbocycles. The number of rotatable bonds is 6. The summed E-state index contributed by atoms with van der Waals surface area (Å²) in [4.78, 5) is 24.4. The van der Waals surface area contributed by atoms with E-state index in [1.807, 2.05) is 0 Å². The lowest BCUT2D eigenvalue weighted by Gasteiger charge is -2.18. The summed E-state index contributed by atoms with van der Waals surface area (Å²) in [5.74, 6) is -1.79. The van der Waals surface area contributed by atoms with Crippen LogP contribution in [0.3, 0.4) is 0 Å². The molecule has 1 fully saturated rings. The molecule has 1 N–H and O–H groups in total. The van der Waals surface area contributed by atoms with E-state index < -0.39 is 28.4 Å². The Bertz CT molecular complexity index is 702. The van der Waals surface area contributed by atoms with Crippen molar-refractivity contribution in [2.75, 3.05) is 20.6 Å². The molecular weight excluding hydrogens is 312 g/mol. The van der Waals surface area contributed by atoms with Gasteiger partial charge in [0.25, 0.3) is 5.91 Å². The molecule has 1 aliphatic carbocycles. The van der Waals surface area contributed by atoms with Crippen molar-refractivity contribution in [2.45, 2.75) is 30.7 Å². The van der Waals surface area contributed by atoms with Crippen molar-refractivity contribution in [1.29, 1.82) is 0 Å². The number of aryl methyl sites for hydroxylation is 1. The van der Waals surface area contributed by atoms with Crippen molar-refractivity contribution in [1.82, 2.24) is 9.21 Å². The highest BCUT2D eigenvalue weighted by Crippen LogP contribution is 2.30. The SMILES string of the molecule is Cc1oc(C(=O)N(CC(=O)O)C2CC2)cc1S(=O)(=O)N(C)C. The summed E-state index contributed by atoms with van der Waals surface area (Å²) in [6.45, 7) is 1.02. The van der Waals surface area contributed by atoms with Crippen molar-refractivity contribution < 1.29 is 27.5 Å². The maximum absolute atomic E-state index is 12.4. The second-order valence-electron chi connectivity index (χ2n) is 5.38. The summed E-state index contributed by atoms with van der Waals surface area (Å²) in [6, 6.07) is 1.03. The third-order valence-electron chi connectivity index (χ3n) is 3.40. The zero-order valence-corrected chi connectivity index (χ0v) is 13.4. The Balaban J connectivity index is 2.33. The quantitative estimate of drug-likeness (QED) is 0.815. The predicted octanol–water partition coefficient (Wildman–Crippen LogP) is 0.528. The molecule has 0 bridgehead atoms. The van der Waals surface area contributed by atoms with Gasteiger partial charge >= 0.3 is 5.97 Å². The minimum absolute atomic E-state index is 0.0908. The van der Waals surface area contributed by atoms with E-state index in [2.05, 4.69) is 0 Å². The van der Waals surface area contributed by atoms with E-state index in [1.165, 1.54) is 25.9 Å². The molecule has 0 saturated heterocycles. The first-order chi connectivity index (χ1) is 10.1. The molecule has 9 heteroatoms. The number of carboxylic acids is 1. The lowest BCUT2D eigenvalue weighted by Crippen LogP contribution is -2.37. The molecule has 1 aromatic rings. The van der Waals surface area contributed by atoms with E-state index in [0.29, 0.717) is 0 Å². The summed E-state index contributed by atoms with van der Waals surface area (Å²) in [6.07, 6.45) is 1.48. The minimum atomic E-state index is -3.72. The third kappa shape index (κ3) is 3.14. The van der Waals surface area contributed by atoms with Crippen molar-refractivity contribution in [2.24, 2.45) is 0 Å². The lowest BCUT2D eigenvalue weighted by molar-refractivity contribution is -0.137. The van der Waals surface area contributed by atoms with Crippen LogP contribution in [0, 0.1) is 6.92 Å². The van der Waals surface area contributed by atoms with Crippen molar-refractivity contribution in [3.05, 3.63) is 17.6 Å². The monoisotopic (exact) mass is 330 g/mol. The molecule has 8 nitrogen and oxygen atoms in total. The molecule has 1 heterocycles. The van der Waals surface area contributed by atoms with Crippen LogP contribution in [0.5, 0.6) is 0 Å². The van der Waals surface area contributed by atoms with E-state index in [0.717, 1.165) is 23.2 Å². The number of amides is 1. The Morgan fingerprint density at radius 1 is 1.36 bits per heavy atom. The van der Waals surface area contributed by atoms with Crippen LogP contribution in [0.1, 0.15) is 29.2 Å². The summed E-state index contributed by atoms with van der Waals surface area (Å²) in [5.41, 5.74) is 0. The number of carbonyl (C=O) groups is 2. The fraction of sp³-hybridized carbons (Fsp3) is 0.538. The van der Waals surface area contributed by atoms with Crippen molar-refractivity contribution in [3.63, 3.8) is 0 Å². The van der Waals surface area contributed by atoms with E-state index in [9.17, 15) is 18.0 Å². The van der Waals surface area contributed by atoms with Gasteiger partial charge < -0.3 is 14.4 Å². The number of carboxylic acid groups (broad SMARTS) is 1. The molecule has 0 unspecified atom stereocenters. The molecule has 0 aromatic carbocycles. The lowest BCUT2D eigenvalue weighted by atomic mass is 10.3. The molecule has 2 rings (SSSR count). The van der Waals surface area contributed by atoms with Gasteiger partial charge in [0.05, 0.1) is 0 Å². The van der Waals surface area contributed by atoms with Gasteiger partial charge in [-0.15, -0.1) is 0 Å². The molecule has 0 atom stereocenters. The van der Waals surface area contributed by atoms with Crippen LogP contribution in [0.2, 0.25) is 0 Å². The molecule has 22 heavy (non-hydrogen) atoms. The number of aliphatic carboxylic acids is 1. The molecule has 0 spiro atoms. The number of hydrogen-bond donors (Lipinski definition) is 1. The molecule has 1 amide bonds. The Morgan fingerprint density at radius 2 is 1.95 bits per heavy atom. The molecular formula is C13H18N2O6S. The molecule has 1 aliphatic rings. The molecule has 0 aliphatic heterocycles. The minimum Gasteiger partial charge on any atom is -0.480 e. The summed E-state index contributed by atoms with van der Waals surface area (Å²) in [7, 11) is -0.963. The Kier molecular flexibility index (Phi) is 4.30. The van der Waals surface area contributed by atoms with Gasteiger partial charge in [-0.2, -0.15) is 0 Å². The fourth-order valence-electron chi connectivity index (χ4n) is 2.06. The highest BCUT2D eigenvalue weighted by Gasteiger charge is 2.36. The Labute approximate surface area is 128 Å². The van der Waals surface area contributed by atoms with Gasteiger partial charge in [0.1, 0.15) is 17.2 Å². The maximum Gasteiger partial charge on any atom is 0.323 e. The topological polar surface area (TPSA) is 108 Å². The van der Waals surface area contributed by atoms with Crippen LogP contribution in [-0.2, 0) is 14.8 Å². The molecule has 1 aromatic heterocycles. The smallest absolute Gasteiger partial charge is 0.323 e. The maximum atomic E-state index is 12.4. The number of sulfonamides is 1. The first-order valence-electron chi connectivity index (χ1n) is 6.70. The van der Waals surface area contributed by atoms with Crippen LogP contribution in [0.25, 0.3) is 0 Å². The van der Waals surface area contributed by atoms with Gasteiger partial charge in [-0.25, -0.2) is 12.7 Å². The predicted molar refractivity (Wildman–Crippen MR) is 76.0 cm³/mol. The second-order valence-corrected chi connectivity index (χ2v) is 7.50. The fourth-order valence-corrected chi connectivity index (χ4v) is 3.12. The molecule has 122 valence electrons. The van der Waals surface area contributed by atoms with Gasteiger partial charge in [0.15, 0.2) is 5.76 Å². The van der Waals surface area contributed by atoms with Gasteiger partial charge in [0.2, 0.25) is 10.0 Å². The number of furan rings is 1. The zero-order chi connectivity index (χ0) is 16.7. The first kappa shape index (κ1) is 16.5. The average Bonchev–Trinajstić information content (AvgIpc) is 3.17. The highest BCUT2D eigenvalue weighted by atomic mass is 32.2. The van der Waals surface area contributed by atoms with Gasteiger partial charge in [-0.05, 0) is 19.8 Å². The largest absolute Gasteiger partial charge is 0.480 e. The number of nitrogens with zero attached hydrogens (tertiary/aromatic N) is 2. The van der Waals surface area contributed by atoms with Gasteiger partial charge in [-0.1, -0.05) is 0 Å². The summed E-state index contributed by atoms with van der Waals surface area (Å²) < 4.78 is 30.5. The van der Waals surface area contributed by atoms with Crippen LogP contribution >= 0.6 is 0 Å². The summed E-state index contributed by atoms with van der Waals surface area (Å²) in [5, 5.41) is 8.89. The van der Waals surface area contributed by atoms with E-state index in [4.69, 9.17) is 9.52 Å². The highest BCUT2D eigenvalue weighted by molar-refractivity contribution is 7.89. The van der Waals surface area contributed by atoms with Crippen LogP contribution in [0.15, 0.2) is 15.4 Å². The van der Waals surface area contributed by atoms with E-state index in [1.54, 1.807) is 0 Å². The zero-order valence-electron chi connectivity index (χ0n) is 12.6. The normalized spacial score (nSPS) is 15.1. The van der Waals surface area contributed by atoms with Crippen molar-refractivity contribution in [3.8, 4) is 0 Å². The standard InChI is InChI=1S/C13H18N2O6S/c1-8-11(22(19,20)14(2)3)6-10(21-8)13(18)15(7-12(16)17)9-4-5-9/h6,9H,4-5,7H2,1-3H3,(H,16,17). The third-order valence-corrected chi connectivity index (χ3v) is 5.32.